The van der Waals surface area contributed by atoms with Gasteiger partial charge in [-0.1, -0.05) is 6.92 Å². The molecule has 8 heteroatoms. The molecule has 0 bridgehead atoms. The van der Waals surface area contributed by atoms with E-state index < -0.39 is 33.5 Å². The molecule has 0 aromatic heterocycles. The zero-order chi connectivity index (χ0) is 16.4. The Hall–Kier alpha value is -1.15. The Morgan fingerprint density at radius 2 is 1.95 bits per heavy atom. The number of likely N-dealkylation sites (N-methyl/N-ethyl adjacent to an activating group) is 1. The highest BCUT2D eigenvalue weighted by Crippen LogP contribution is 2.25. The van der Waals surface area contributed by atoms with E-state index in [1.54, 1.807) is 6.92 Å². The lowest BCUT2D eigenvalue weighted by Gasteiger charge is -2.35. The van der Waals surface area contributed by atoms with Gasteiger partial charge in [0, 0.05) is 13.6 Å². The van der Waals surface area contributed by atoms with Crippen molar-refractivity contribution in [2.75, 3.05) is 19.3 Å². The summed E-state index contributed by atoms with van der Waals surface area (Å²) in [7, 11) is -2.06. The van der Waals surface area contributed by atoms with Crippen molar-refractivity contribution < 1.29 is 23.1 Å². The topological polar surface area (TPSA) is 95.0 Å². The van der Waals surface area contributed by atoms with Gasteiger partial charge in [0.25, 0.3) is 0 Å². The summed E-state index contributed by atoms with van der Waals surface area (Å²) in [6.07, 6.45) is 1.53. The molecule has 1 atom stereocenters. The Labute approximate surface area is 126 Å². The molecule has 1 fully saturated rings. The summed E-state index contributed by atoms with van der Waals surface area (Å²) >= 11 is 0. The molecule has 1 saturated heterocycles. The maximum Gasteiger partial charge on any atom is 0.329 e. The predicted octanol–water partition coefficient (Wildman–Crippen LogP) is 0.512. The first-order valence-electron chi connectivity index (χ1n) is 7.06. The molecule has 1 amide bonds. The van der Waals surface area contributed by atoms with Gasteiger partial charge in [0.15, 0.2) is 0 Å². The normalized spacial score (nSPS) is 20.5. The standard InChI is InChI=1S/C13H24N2O5S/c1-5-9-21(19,20)15-8-6-7-10(15)11(16)14(4)13(2,3)12(17)18/h10H,5-9H2,1-4H3,(H,17,18). The quantitative estimate of drug-likeness (QED) is 0.769. The first-order valence-corrected chi connectivity index (χ1v) is 8.67. The second-order valence-corrected chi connectivity index (χ2v) is 7.89. The fraction of sp³-hybridized carbons (Fsp3) is 0.846. The number of carboxylic acids is 1. The monoisotopic (exact) mass is 320 g/mol. The smallest absolute Gasteiger partial charge is 0.329 e. The van der Waals surface area contributed by atoms with Crippen LogP contribution in [0.5, 0.6) is 0 Å². The molecule has 1 unspecified atom stereocenters. The van der Waals surface area contributed by atoms with Gasteiger partial charge in [-0.15, -0.1) is 0 Å². The van der Waals surface area contributed by atoms with E-state index in [0.717, 1.165) is 4.90 Å². The van der Waals surface area contributed by atoms with E-state index in [-0.39, 0.29) is 5.75 Å². The minimum atomic E-state index is -3.47. The van der Waals surface area contributed by atoms with Gasteiger partial charge < -0.3 is 10.0 Å². The third kappa shape index (κ3) is 3.55. The number of hydrogen-bond acceptors (Lipinski definition) is 4. The molecule has 1 rings (SSSR count). The van der Waals surface area contributed by atoms with Crippen LogP contribution in [0.15, 0.2) is 0 Å². The summed E-state index contributed by atoms with van der Waals surface area (Å²) in [5.41, 5.74) is -1.38. The lowest BCUT2D eigenvalue weighted by atomic mass is 10.0. The Balaban J connectivity index is 2.99. The van der Waals surface area contributed by atoms with Crippen molar-refractivity contribution in [3.05, 3.63) is 0 Å². The summed E-state index contributed by atoms with van der Waals surface area (Å²) in [5, 5.41) is 9.19. The fourth-order valence-corrected chi connectivity index (χ4v) is 4.08. The number of hydrogen-bond donors (Lipinski definition) is 1. The molecular formula is C13H24N2O5S. The van der Waals surface area contributed by atoms with Gasteiger partial charge in [-0.2, -0.15) is 4.31 Å². The molecule has 0 aliphatic carbocycles. The molecule has 0 aromatic carbocycles. The van der Waals surface area contributed by atoms with Crippen LogP contribution < -0.4 is 0 Å². The van der Waals surface area contributed by atoms with Crippen molar-refractivity contribution in [1.82, 2.24) is 9.21 Å². The van der Waals surface area contributed by atoms with Crippen LogP contribution in [0.25, 0.3) is 0 Å². The first kappa shape index (κ1) is 17.9. The maximum absolute atomic E-state index is 12.5. The van der Waals surface area contributed by atoms with Crippen LogP contribution in [-0.2, 0) is 19.6 Å². The minimum Gasteiger partial charge on any atom is -0.480 e. The molecule has 21 heavy (non-hydrogen) atoms. The maximum atomic E-state index is 12.5. The Morgan fingerprint density at radius 1 is 1.38 bits per heavy atom. The SMILES string of the molecule is CCCS(=O)(=O)N1CCCC1C(=O)N(C)C(C)(C)C(=O)O. The van der Waals surface area contributed by atoms with Crippen LogP contribution in [0, 0.1) is 0 Å². The molecule has 1 aliphatic rings. The number of nitrogens with zero attached hydrogens (tertiary/aromatic N) is 2. The number of aliphatic carboxylic acids is 1. The zero-order valence-electron chi connectivity index (χ0n) is 13.0. The summed E-state index contributed by atoms with van der Waals surface area (Å²) in [6.45, 7) is 4.93. The minimum absolute atomic E-state index is 0.00280. The van der Waals surface area contributed by atoms with Gasteiger partial charge in [-0.05, 0) is 33.1 Å². The van der Waals surface area contributed by atoms with Crippen LogP contribution in [0.1, 0.15) is 40.0 Å². The lowest BCUT2D eigenvalue weighted by Crippen LogP contribution is -2.56. The van der Waals surface area contributed by atoms with E-state index in [1.807, 2.05) is 0 Å². The van der Waals surface area contributed by atoms with Gasteiger partial charge in [0.1, 0.15) is 11.6 Å². The average Bonchev–Trinajstić information content (AvgIpc) is 2.86. The van der Waals surface area contributed by atoms with Crippen LogP contribution in [0.4, 0.5) is 0 Å². The van der Waals surface area contributed by atoms with Gasteiger partial charge in [-0.3, -0.25) is 4.79 Å². The van der Waals surface area contributed by atoms with Crippen LogP contribution in [0.2, 0.25) is 0 Å². The molecule has 0 saturated carbocycles. The molecular weight excluding hydrogens is 296 g/mol. The third-order valence-corrected chi connectivity index (χ3v) is 6.08. The van der Waals surface area contributed by atoms with Gasteiger partial charge in [0.05, 0.1) is 5.75 Å². The molecule has 0 aromatic rings. The van der Waals surface area contributed by atoms with E-state index in [0.29, 0.717) is 25.8 Å². The fourth-order valence-electron chi connectivity index (χ4n) is 2.34. The highest BCUT2D eigenvalue weighted by Gasteiger charge is 2.44. The largest absolute Gasteiger partial charge is 0.480 e. The van der Waals surface area contributed by atoms with E-state index in [4.69, 9.17) is 0 Å². The van der Waals surface area contributed by atoms with Gasteiger partial charge >= 0.3 is 5.97 Å². The highest BCUT2D eigenvalue weighted by molar-refractivity contribution is 7.89. The molecule has 1 N–H and O–H groups in total. The second-order valence-electron chi connectivity index (χ2n) is 5.85. The average molecular weight is 320 g/mol. The Bertz CT molecular complexity index is 515. The zero-order valence-corrected chi connectivity index (χ0v) is 13.8. The number of sulfonamides is 1. The third-order valence-electron chi connectivity index (χ3n) is 4.00. The molecule has 1 heterocycles. The molecule has 0 radical (unpaired) electrons. The molecule has 0 spiro atoms. The Kier molecular flexibility index (Phi) is 5.38. The Morgan fingerprint density at radius 3 is 2.43 bits per heavy atom. The summed E-state index contributed by atoms with van der Waals surface area (Å²) in [6, 6.07) is -0.787. The van der Waals surface area contributed by atoms with Crippen molar-refractivity contribution in [3.63, 3.8) is 0 Å². The first-order chi connectivity index (χ1) is 9.55. The highest BCUT2D eigenvalue weighted by atomic mass is 32.2. The number of carbonyl (C=O) groups is 2. The van der Waals surface area contributed by atoms with Crippen molar-refractivity contribution >= 4 is 21.9 Å². The van der Waals surface area contributed by atoms with Crippen molar-refractivity contribution in [1.29, 1.82) is 0 Å². The van der Waals surface area contributed by atoms with E-state index in [9.17, 15) is 23.1 Å². The molecule has 7 nitrogen and oxygen atoms in total. The summed E-state index contributed by atoms with van der Waals surface area (Å²) in [4.78, 5) is 24.9. The van der Waals surface area contributed by atoms with E-state index >= 15 is 0 Å². The van der Waals surface area contributed by atoms with Crippen molar-refractivity contribution in [2.45, 2.75) is 51.6 Å². The van der Waals surface area contributed by atoms with E-state index in [2.05, 4.69) is 0 Å². The number of rotatable bonds is 6. The number of amides is 1. The van der Waals surface area contributed by atoms with Crippen molar-refractivity contribution in [3.8, 4) is 0 Å². The molecule has 1 aliphatic heterocycles. The van der Waals surface area contributed by atoms with Crippen LogP contribution >= 0.6 is 0 Å². The summed E-state index contributed by atoms with van der Waals surface area (Å²) < 4.78 is 25.6. The molecule has 122 valence electrons. The van der Waals surface area contributed by atoms with Gasteiger partial charge in [-0.25, -0.2) is 13.2 Å². The number of carboxylic acid groups (broad SMARTS) is 1. The lowest BCUT2D eigenvalue weighted by molar-refractivity contribution is -0.156. The second kappa shape index (κ2) is 6.31. The summed E-state index contributed by atoms with van der Waals surface area (Å²) in [5.74, 6) is -1.58. The van der Waals surface area contributed by atoms with E-state index in [1.165, 1.54) is 25.2 Å². The van der Waals surface area contributed by atoms with Gasteiger partial charge in [0.2, 0.25) is 15.9 Å². The number of carbonyl (C=O) groups excluding carboxylic acids is 1. The predicted molar refractivity (Wildman–Crippen MR) is 78.3 cm³/mol. The van der Waals surface area contributed by atoms with Crippen LogP contribution in [-0.4, -0.2) is 65.5 Å². The van der Waals surface area contributed by atoms with Crippen LogP contribution in [0.3, 0.4) is 0 Å². The van der Waals surface area contributed by atoms with Crippen molar-refractivity contribution in [2.24, 2.45) is 0 Å².